The van der Waals surface area contributed by atoms with Crippen LogP contribution in [0.25, 0.3) is 11.5 Å². The number of nitrogens with zero attached hydrogens (tertiary/aromatic N) is 4. The zero-order valence-electron chi connectivity index (χ0n) is 19.5. The molecule has 2 N–H and O–H groups in total. The van der Waals surface area contributed by atoms with Crippen molar-refractivity contribution in [2.24, 2.45) is 0 Å². The van der Waals surface area contributed by atoms with Crippen LogP contribution in [0.15, 0.2) is 22.8 Å². The SMILES string of the molecule is CC1(C)Cc2c(C#N)c(N3CCN(C(=O)C(=O)NCCCO)CC3)nc(-c3ccco3)c2CO1. The molecule has 34 heavy (non-hydrogen) atoms. The number of piperazine rings is 1. The van der Waals surface area contributed by atoms with Gasteiger partial charge in [-0.25, -0.2) is 4.98 Å². The van der Waals surface area contributed by atoms with Crippen molar-refractivity contribution >= 4 is 17.6 Å². The van der Waals surface area contributed by atoms with E-state index in [1.54, 1.807) is 12.3 Å². The number of ether oxygens (including phenoxy) is 1. The van der Waals surface area contributed by atoms with E-state index >= 15 is 0 Å². The van der Waals surface area contributed by atoms with Crippen LogP contribution in [0.5, 0.6) is 0 Å². The van der Waals surface area contributed by atoms with Crippen LogP contribution in [-0.2, 0) is 27.4 Å². The quantitative estimate of drug-likeness (QED) is 0.495. The van der Waals surface area contributed by atoms with E-state index in [0.29, 0.717) is 68.5 Å². The van der Waals surface area contributed by atoms with Crippen LogP contribution in [0, 0.1) is 11.3 Å². The van der Waals surface area contributed by atoms with Crippen molar-refractivity contribution < 1.29 is 23.8 Å². The highest BCUT2D eigenvalue weighted by molar-refractivity contribution is 6.35. The van der Waals surface area contributed by atoms with Gasteiger partial charge in [0.05, 0.1) is 24.0 Å². The Morgan fingerprint density at radius 2 is 2.03 bits per heavy atom. The molecule has 4 rings (SSSR count). The lowest BCUT2D eigenvalue weighted by Crippen LogP contribution is -2.53. The molecular weight excluding hydrogens is 438 g/mol. The molecule has 0 aliphatic carbocycles. The molecule has 2 aliphatic heterocycles. The van der Waals surface area contributed by atoms with Crippen LogP contribution >= 0.6 is 0 Å². The Morgan fingerprint density at radius 1 is 1.26 bits per heavy atom. The lowest BCUT2D eigenvalue weighted by Gasteiger charge is -2.38. The number of fused-ring (bicyclic) bond motifs is 1. The predicted molar refractivity (Wildman–Crippen MR) is 123 cm³/mol. The smallest absolute Gasteiger partial charge is 0.312 e. The van der Waals surface area contributed by atoms with Crippen molar-refractivity contribution in [3.63, 3.8) is 0 Å². The van der Waals surface area contributed by atoms with Gasteiger partial charge in [-0.15, -0.1) is 0 Å². The van der Waals surface area contributed by atoms with Crippen LogP contribution < -0.4 is 10.2 Å². The number of amides is 2. The van der Waals surface area contributed by atoms with Gasteiger partial charge in [0.25, 0.3) is 0 Å². The molecule has 1 fully saturated rings. The number of nitriles is 1. The summed E-state index contributed by atoms with van der Waals surface area (Å²) in [6.07, 6.45) is 2.55. The molecular formula is C24H29N5O5. The van der Waals surface area contributed by atoms with Crippen molar-refractivity contribution in [3.05, 3.63) is 35.1 Å². The summed E-state index contributed by atoms with van der Waals surface area (Å²) in [5, 5.41) is 21.5. The van der Waals surface area contributed by atoms with Crippen LogP contribution in [-0.4, -0.2) is 71.7 Å². The first-order valence-electron chi connectivity index (χ1n) is 11.4. The van der Waals surface area contributed by atoms with Gasteiger partial charge in [0.1, 0.15) is 17.6 Å². The Kier molecular flexibility index (Phi) is 6.86. The number of furan rings is 1. The molecule has 0 unspecified atom stereocenters. The summed E-state index contributed by atoms with van der Waals surface area (Å²) in [6, 6.07) is 5.99. The largest absolute Gasteiger partial charge is 0.463 e. The lowest BCUT2D eigenvalue weighted by atomic mass is 9.87. The number of nitrogens with one attached hydrogen (secondary N) is 1. The van der Waals surface area contributed by atoms with Crippen LogP contribution in [0.2, 0.25) is 0 Å². The zero-order chi connectivity index (χ0) is 24.3. The molecule has 2 aromatic rings. The minimum absolute atomic E-state index is 0.0501. The third-order valence-electron chi connectivity index (χ3n) is 6.15. The number of carbonyl (C=O) groups is 2. The predicted octanol–water partition coefficient (Wildman–Crippen LogP) is 1.21. The first-order chi connectivity index (χ1) is 16.3. The van der Waals surface area contributed by atoms with Crippen molar-refractivity contribution in [2.45, 2.75) is 38.9 Å². The minimum Gasteiger partial charge on any atom is -0.463 e. The molecule has 0 saturated carbocycles. The van der Waals surface area contributed by atoms with Gasteiger partial charge in [0.15, 0.2) is 5.76 Å². The molecule has 10 heteroatoms. The second kappa shape index (κ2) is 9.83. The Hall–Kier alpha value is -3.42. The van der Waals surface area contributed by atoms with Crippen molar-refractivity contribution in [1.29, 1.82) is 5.26 Å². The summed E-state index contributed by atoms with van der Waals surface area (Å²) < 4.78 is 11.6. The average molecular weight is 468 g/mol. The van der Waals surface area contributed by atoms with Crippen LogP contribution in [0.1, 0.15) is 37.0 Å². The first-order valence-corrected chi connectivity index (χ1v) is 11.4. The molecule has 10 nitrogen and oxygen atoms in total. The van der Waals surface area contributed by atoms with Gasteiger partial charge in [0, 0.05) is 51.3 Å². The van der Waals surface area contributed by atoms with Crippen molar-refractivity contribution in [1.82, 2.24) is 15.2 Å². The number of aromatic nitrogens is 1. The number of anilines is 1. The fraction of sp³-hybridized carbons (Fsp3) is 0.500. The van der Waals surface area contributed by atoms with E-state index in [4.69, 9.17) is 19.2 Å². The first kappa shape index (κ1) is 23.7. The number of hydrogen-bond acceptors (Lipinski definition) is 8. The summed E-state index contributed by atoms with van der Waals surface area (Å²) in [5.41, 5.74) is 2.54. The van der Waals surface area contributed by atoms with E-state index in [2.05, 4.69) is 11.4 Å². The highest BCUT2D eigenvalue weighted by Crippen LogP contribution is 2.39. The van der Waals surface area contributed by atoms with Gasteiger partial charge in [-0.2, -0.15) is 5.26 Å². The maximum Gasteiger partial charge on any atom is 0.312 e. The summed E-state index contributed by atoms with van der Waals surface area (Å²) in [4.78, 5) is 32.9. The average Bonchev–Trinajstić information content (AvgIpc) is 3.37. The van der Waals surface area contributed by atoms with Gasteiger partial charge >= 0.3 is 11.8 Å². The fourth-order valence-electron chi connectivity index (χ4n) is 4.34. The number of aliphatic hydroxyl groups is 1. The third-order valence-corrected chi connectivity index (χ3v) is 6.15. The Balaban J connectivity index is 1.59. The highest BCUT2D eigenvalue weighted by Gasteiger charge is 2.35. The number of carbonyl (C=O) groups excluding carboxylic acids is 2. The number of rotatable bonds is 5. The summed E-state index contributed by atoms with van der Waals surface area (Å²) in [6.45, 7) is 6.09. The third kappa shape index (κ3) is 4.76. The van der Waals surface area contributed by atoms with Gasteiger partial charge < -0.3 is 29.4 Å². The van der Waals surface area contributed by atoms with E-state index in [-0.39, 0.29) is 13.2 Å². The number of aliphatic hydroxyl groups excluding tert-OH is 1. The molecule has 0 bridgehead atoms. The second-order valence-corrected chi connectivity index (χ2v) is 9.04. The Bertz CT molecular complexity index is 1100. The normalized spacial score (nSPS) is 17.1. The second-order valence-electron chi connectivity index (χ2n) is 9.04. The molecule has 2 aromatic heterocycles. The lowest BCUT2D eigenvalue weighted by molar-refractivity contribution is -0.146. The van der Waals surface area contributed by atoms with Crippen molar-refractivity contribution in [3.8, 4) is 17.5 Å². The summed E-state index contributed by atoms with van der Waals surface area (Å²) in [7, 11) is 0. The Morgan fingerprint density at radius 3 is 2.68 bits per heavy atom. The van der Waals surface area contributed by atoms with Gasteiger partial charge in [-0.05, 0) is 38.0 Å². The topological polar surface area (TPSA) is 132 Å². The van der Waals surface area contributed by atoms with E-state index in [1.165, 1.54) is 4.90 Å². The molecule has 2 aliphatic rings. The standard InChI is InChI=1S/C24H29N5O5/c1-24(2)13-16-17(14-25)21(27-20(18(16)15-34-24)19-5-3-12-33-19)28-7-9-29(10-8-28)23(32)22(31)26-6-4-11-30/h3,5,12,30H,4,6-11,13,15H2,1-2H3,(H,26,31). The Labute approximate surface area is 198 Å². The molecule has 180 valence electrons. The molecule has 1 saturated heterocycles. The van der Waals surface area contributed by atoms with Gasteiger partial charge in [-0.3, -0.25) is 9.59 Å². The monoisotopic (exact) mass is 467 g/mol. The number of pyridine rings is 1. The van der Waals surface area contributed by atoms with Gasteiger partial charge in [-0.1, -0.05) is 0 Å². The van der Waals surface area contributed by atoms with Crippen molar-refractivity contribution in [2.75, 3.05) is 44.2 Å². The molecule has 0 radical (unpaired) electrons. The van der Waals surface area contributed by atoms with E-state index < -0.39 is 17.4 Å². The van der Waals surface area contributed by atoms with Gasteiger partial charge in [0.2, 0.25) is 0 Å². The van der Waals surface area contributed by atoms with E-state index in [1.807, 2.05) is 24.8 Å². The molecule has 2 amide bonds. The maximum atomic E-state index is 12.5. The van der Waals surface area contributed by atoms with E-state index in [0.717, 1.165) is 11.1 Å². The highest BCUT2D eigenvalue weighted by atomic mass is 16.5. The fourth-order valence-corrected chi connectivity index (χ4v) is 4.34. The zero-order valence-corrected chi connectivity index (χ0v) is 19.5. The molecule has 0 atom stereocenters. The molecule has 4 heterocycles. The molecule has 0 spiro atoms. The minimum atomic E-state index is -0.672. The van der Waals surface area contributed by atoms with E-state index in [9.17, 15) is 14.9 Å². The number of hydrogen-bond donors (Lipinski definition) is 2. The molecule has 0 aromatic carbocycles. The van der Waals surface area contributed by atoms with Crippen LogP contribution in [0.3, 0.4) is 0 Å². The maximum absolute atomic E-state index is 12.5. The summed E-state index contributed by atoms with van der Waals surface area (Å²) in [5.74, 6) is -0.0935. The van der Waals surface area contributed by atoms with Crippen LogP contribution in [0.4, 0.5) is 5.82 Å². The summed E-state index contributed by atoms with van der Waals surface area (Å²) >= 11 is 0.